The summed E-state index contributed by atoms with van der Waals surface area (Å²) in [6.07, 6.45) is 0.161. The molecule has 0 rings (SSSR count). The van der Waals surface area contributed by atoms with Gasteiger partial charge in [-0.05, 0) is 0 Å². The monoisotopic (exact) mass is 174 g/mol. The minimum Gasteiger partial charge on any atom is -0.258 e. The second-order valence-electron chi connectivity index (χ2n) is 2.11. The summed E-state index contributed by atoms with van der Waals surface area (Å²) in [6.45, 7) is 3.05. The molecule has 0 aliphatic rings. The lowest BCUT2D eigenvalue weighted by Gasteiger charge is -1.95. The van der Waals surface area contributed by atoms with Crippen LogP contribution in [0.1, 0.15) is 26.7 Å². The zero-order valence-corrected chi connectivity index (χ0v) is 6.94. The van der Waals surface area contributed by atoms with Crippen molar-refractivity contribution >= 4 is 0 Å². The Morgan fingerprint density at radius 2 is 1.25 bits per heavy atom. The maximum Gasteiger partial charge on any atom is 0.317 e. The molecular formula is C6H10N2O4. The van der Waals surface area contributed by atoms with Crippen molar-refractivity contribution in [3.05, 3.63) is 31.6 Å². The van der Waals surface area contributed by atoms with Gasteiger partial charge in [0.2, 0.25) is 0 Å². The summed E-state index contributed by atoms with van der Waals surface area (Å²) in [5.74, 6) is 0. The molecule has 0 fully saturated rings. The topological polar surface area (TPSA) is 86.3 Å². The summed E-state index contributed by atoms with van der Waals surface area (Å²) >= 11 is 0. The van der Waals surface area contributed by atoms with Crippen LogP contribution in [-0.2, 0) is 0 Å². The SMILES string of the molecule is CCC(=C(CC)[N+](=O)[O-])[N+](=O)[O-]. The molecule has 0 radical (unpaired) electrons. The third kappa shape index (κ3) is 2.30. The van der Waals surface area contributed by atoms with Gasteiger partial charge in [-0.2, -0.15) is 0 Å². The zero-order chi connectivity index (χ0) is 9.72. The maximum atomic E-state index is 10.3. The number of nitrogens with zero attached hydrogens (tertiary/aromatic N) is 2. The van der Waals surface area contributed by atoms with E-state index in [2.05, 4.69) is 0 Å². The molecule has 0 saturated carbocycles. The van der Waals surface area contributed by atoms with Crippen molar-refractivity contribution in [2.45, 2.75) is 26.7 Å². The summed E-state index contributed by atoms with van der Waals surface area (Å²) in [7, 11) is 0. The molecule has 0 aromatic heterocycles. The van der Waals surface area contributed by atoms with Gasteiger partial charge in [0.05, 0.1) is 9.85 Å². The highest BCUT2D eigenvalue weighted by atomic mass is 16.6. The molecule has 0 N–H and O–H groups in total. The fourth-order valence-corrected chi connectivity index (χ4v) is 0.877. The van der Waals surface area contributed by atoms with Gasteiger partial charge >= 0.3 is 11.4 Å². The van der Waals surface area contributed by atoms with Gasteiger partial charge in [-0.3, -0.25) is 20.2 Å². The average Bonchev–Trinajstić information content (AvgIpc) is 1.98. The van der Waals surface area contributed by atoms with Crippen LogP contribution < -0.4 is 0 Å². The number of hydrogen-bond donors (Lipinski definition) is 0. The summed E-state index contributed by atoms with van der Waals surface area (Å²) < 4.78 is 0. The first-order chi connectivity index (χ1) is 5.54. The Labute approximate surface area is 69.2 Å². The maximum absolute atomic E-state index is 10.3. The average molecular weight is 174 g/mol. The summed E-state index contributed by atoms with van der Waals surface area (Å²) in [4.78, 5) is 19.2. The molecule has 0 amide bonds. The van der Waals surface area contributed by atoms with Crippen molar-refractivity contribution in [3.63, 3.8) is 0 Å². The minimum atomic E-state index is -0.693. The van der Waals surface area contributed by atoms with Gasteiger partial charge in [-0.15, -0.1) is 0 Å². The molecule has 6 heteroatoms. The molecule has 68 valence electrons. The summed E-state index contributed by atoms with van der Waals surface area (Å²) in [5.41, 5.74) is -0.606. The van der Waals surface area contributed by atoms with Gasteiger partial charge in [0.25, 0.3) is 0 Å². The number of allylic oxidation sites excluding steroid dienone is 2. The molecule has 0 aliphatic heterocycles. The van der Waals surface area contributed by atoms with Crippen molar-refractivity contribution in [2.75, 3.05) is 0 Å². The molecule has 0 aliphatic carbocycles. The fourth-order valence-electron chi connectivity index (χ4n) is 0.877. The van der Waals surface area contributed by atoms with Crippen molar-refractivity contribution < 1.29 is 9.85 Å². The van der Waals surface area contributed by atoms with Crippen LogP contribution in [0.3, 0.4) is 0 Å². The van der Waals surface area contributed by atoms with Gasteiger partial charge in [0.15, 0.2) is 0 Å². The highest BCUT2D eigenvalue weighted by molar-refractivity contribution is 4.97. The second-order valence-corrected chi connectivity index (χ2v) is 2.11. The first kappa shape index (κ1) is 10.5. The van der Waals surface area contributed by atoms with Crippen LogP contribution in [0.4, 0.5) is 0 Å². The molecule has 0 unspecified atom stereocenters. The van der Waals surface area contributed by atoms with E-state index in [0.717, 1.165) is 0 Å². The van der Waals surface area contributed by atoms with Gasteiger partial charge in [-0.1, -0.05) is 13.8 Å². The predicted octanol–water partition coefficient (Wildman–Crippen LogP) is 1.57. The van der Waals surface area contributed by atoms with Crippen LogP contribution in [0.5, 0.6) is 0 Å². The van der Waals surface area contributed by atoms with E-state index < -0.39 is 9.85 Å². The van der Waals surface area contributed by atoms with Crippen LogP contribution in [0.15, 0.2) is 11.4 Å². The van der Waals surface area contributed by atoms with Crippen molar-refractivity contribution in [1.29, 1.82) is 0 Å². The van der Waals surface area contributed by atoms with E-state index >= 15 is 0 Å². The van der Waals surface area contributed by atoms with E-state index in [9.17, 15) is 20.2 Å². The lowest BCUT2D eigenvalue weighted by Crippen LogP contribution is -2.08. The molecule has 0 aromatic rings. The molecule has 12 heavy (non-hydrogen) atoms. The molecule has 0 heterocycles. The van der Waals surface area contributed by atoms with E-state index in [1.165, 1.54) is 13.8 Å². The molecule has 6 nitrogen and oxygen atoms in total. The van der Waals surface area contributed by atoms with Crippen LogP contribution in [0, 0.1) is 20.2 Å². The van der Waals surface area contributed by atoms with Crippen molar-refractivity contribution in [2.24, 2.45) is 0 Å². The Morgan fingerprint density at radius 1 is 1.00 bits per heavy atom. The van der Waals surface area contributed by atoms with Gasteiger partial charge in [0.1, 0.15) is 0 Å². The Bertz CT molecular complexity index is 210. The van der Waals surface area contributed by atoms with Crippen LogP contribution in [0.25, 0.3) is 0 Å². The lowest BCUT2D eigenvalue weighted by molar-refractivity contribution is -0.474. The third-order valence-electron chi connectivity index (χ3n) is 1.44. The van der Waals surface area contributed by atoms with Gasteiger partial charge in [0, 0.05) is 12.8 Å². The standard InChI is InChI=1S/C6H10N2O4/c1-3-5(7(9)10)6(4-2)8(11)12/h3-4H2,1-2H3. The molecule has 0 spiro atoms. The lowest BCUT2D eigenvalue weighted by atomic mass is 10.2. The zero-order valence-electron chi connectivity index (χ0n) is 6.94. The molecule has 0 atom stereocenters. The molecule has 0 aromatic carbocycles. The van der Waals surface area contributed by atoms with E-state index in [1.54, 1.807) is 0 Å². The van der Waals surface area contributed by atoms with Crippen LogP contribution in [0.2, 0.25) is 0 Å². The smallest absolute Gasteiger partial charge is 0.258 e. The van der Waals surface area contributed by atoms with Gasteiger partial charge in [-0.25, -0.2) is 0 Å². The summed E-state index contributed by atoms with van der Waals surface area (Å²) in [5, 5.41) is 20.6. The molecular weight excluding hydrogens is 164 g/mol. The largest absolute Gasteiger partial charge is 0.317 e. The van der Waals surface area contributed by atoms with Crippen molar-refractivity contribution in [1.82, 2.24) is 0 Å². The first-order valence-corrected chi connectivity index (χ1v) is 3.55. The quantitative estimate of drug-likeness (QED) is 0.478. The third-order valence-corrected chi connectivity index (χ3v) is 1.44. The molecule has 0 saturated heterocycles. The van der Waals surface area contributed by atoms with E-state index in [4.69, 9.17) is 0 Å². The Balaban J connectivity index is 5.01. The number of hydrogen-bond acceptors (Lipinski definition) is 4. The fraction of sp³-hybridized carbons (Fsp3) is 0.667. The Kier molecular flexibility index (Phi) is 3.89. The van der Waals surface area contributed by atoms with E-state index in [1.807, 2.05) is 0 Å². The minimum absolute atomic E-state index is 0.0805. The van der Waals surface area contributed by atoms with Crippen LogP contribution in [-0.4, -0.2) is 9.85 Å². The van der Waals surface area contributed by atoms with E-state index in [-0.39, 0.29) is 24.2 Å². The summed E-state index contributed by atoms with van der Waals surface area (Å²) in [6, 6.07) is 0. The highest BCUT2D eigenvalue weighted by Gasteiger charge is 2.24. The number of nitro groups is 2. The normalized spacial score (nSPS) is 12.2. The van der Waals surface area contributed by atoms with Crippen molar-refractivity contribution in [3.8, 4) is 0 Å². The van der Waals surface area contributed by atoms with Crippen LogP contribution >= 0.6 is 0 Å². The first-order valence-electron chi connectivity index (χ1n) is 3.55. The Hall–Kier alpha value is -1.46. The molecule has 0 bridgehead atoms. The number of rotatable bonds is 4. The van der Waals surface area contributed by atoms with E-state index in [0.29, 0.717) is 0 Å². The predicted molar refractivity (Wildman–Crippen MR) is 41.6 cm³/mol. The Morgan fingerprint density at radius 3 is 1.33 bits per heavy atom. The highest BCUT2D eigenvalue weighted by Crippen LogP contribution is 2.12. The second kappa shape index (κ2) is 4.42. The van der Waals surface area contributed by atoms with Gasteiger partial charge < -0.3 is 0 Å².